The number of aryl methyl sites for hydroxylation is 2. The van der Waals surface area contributed by atoms with Gasteiger partial charge in [0.15, 0.2) is 5.96 Å². The number of hydrogen-bond acceptors (Lipinski definition) is 5. The first kappa shape index (κ1) is 23.2. The minimum Gasteiger partial charge on any atom is -0.492 e. The number of benzene rings is 1. The highest BCUT2D eigenvalue weighted by atomic mass is 32.1. The molecule has 2 N–H and O–H groups in total. The van der Waals surface area contributed by atoms with E-state index in [0.29, 0.717) is 19.7 Å². The summed E-state index contributed by atoms with van der Waals surface area (Å²) in [7, 11) is 0. The van der Waals surface area contributed by atoms with Gasteiger partial charge in [0, 0.05) is 18.0 Å². The van der Waals surface area contributed by atoms with Crippen LogP contribution in [0.5, 0.6) is 5.75 Å². The van der Waals surface area contributed by atoms with Crippen molar-refractivity contribution in [3.05, 3.63) is 45.4 Å². The quantitative estimate of drug-likeness (QED) is 0.431. The molecule has 0 saturated carbocycles. The van der Waals surface area contributed by atoms with Gasteiger partial charge in [-0.25, -0.2) is 9.98 Å². The number of aromatic nitrogens is 1. The number of hydrogen-bond donors (Lipinski definition) is 2. The molecule has 1 aromatic heterocycles. The third-order valence-corrected chi connectivity index (χ3v) is 5.81. The van der Waals surface area contributed by atoms with Crippen LogP contribution >= 0.6 is 11.3 Å². The van der Waals surface area contributed by atoms with E-state index in [2.05, 4.69) is 65.3 Å². The fourth-order valence-corrected chi connectivity index (χ4v) is 3.68. The van der Waals surface area contributed by atoms with Gasteiger partial charge in [0.05, 0.1) is 18.8 Å². The molecule has 29 heavy (non-hydrogen) atoms. The second-order valence-electron chi connectivity index (χ2n) is 6.82. The van der Waals surface area contributed by atoms with Gasteiger partial charge in [-0.3, -0.25) is 0 Å². The Kier molecular flexibility index (Phi) is 9.94. The number of rotatable bonds is 11. The lowest BCUT2D eigenvalue weighted by Gasteiger charge is -2.18. The van der Waals surface area contributed by atoms with Gasteiger partial charge in [-0.15, -0.1) is 11.3 Å². The smallest absolute Gasteiger partial charge is 0.191 e. The molecule has 0 amide bonds. The molecule has 6 nitrogen and oxygen atoms in total. The molecular formula is C22H35N5OS. The van der Waals surface area contributed by atoms with Crippen molar-refractivity contribution in [1.29, 1.82) is 0 Å². The zero-order valence-corrected chi connectivity index (χ0v) is 19.2. The molecule has 0 aliphatic heterocycles. The van der Waals surface area contributed by atoms with Crippen molar-refractivity contribution < 1.29 is 4.74 Å². The van der Waals surface area contributed by atoms with Crippen LogP contribution in [0.15, 0.2) is 29.3 Å². The topological polar surface area (TPSA) is 61.8 Å². The third kappa shape index (κ3) is 8.03. The lowest BCUT2D eigenvalue weighted by atomic mass is 10.2. The summed E-state index contributed by atoms with van der Waals surface area (Å²) in [6, 6.07) is 8.20. The molecule has 0 spiro atoms. The number of nitrogens with zero attached hydrogens (tertiary/aromatic N) is 3. The predicted octanol–water partition coefficient (Wildman–Crippen LogP) is 3.74. The van der Waals surface area contributed by atoms with Crippen molar-refractivity contribution in [2.24, 2.45) is 4.99 Å². The summed E-state index contributed by atoms with van der Waals surface area (Å²) >= 11 is 1.73. The first-order chi connectivity index (χ1) is 14.0. The molecule has 0 atom stereocenters. The summed E-state index contributed by atoms with van der Waals surface area (Å²) in [5.74, 6) is 1.71. The normalized spacial score (nSPS) is 11.7. The van der Waals surface area contributed by atoms with Crippen LogP contribution in [0.3, 0.4) is 0 Å². The number of likely N-dealkylation sites (N-methyl/N-ethyl adjacent to an activating group) is 1. The van der Waals surface area contributed by atoms with E-state index >= 15 is 0 Å². The molecule has 7 heteroatoms. The number of thiazole rings is 1. The Morgan fingerprint density at radius 3 is 2.41 bits per heavy atom. The lowest BCUT2D eigenvalue weighted by Crippen LogP contribution is -2.36. The van der Waals surface area contributed by atoms with Crippen molar-refractivity contribution in [2.45, 2.75) is 47.7 Å². The minimum atomic E-state index is 0.616. The third-order valence-electron chi connectivity index (χ3n) is 4.74. The molecule has 0 bridgehead atoms. The Labute approximate surface area is 179 Å². The average molecular weight is 418 g/mol. The van der Waals surface area contributed by atoms with E-state index < -0.39 is 0 Å². The van der Waals surface area contributed by atoms with E-state index in [-0.39, 0.29) is 0 Å². The molecule has 0 aliphatic rings. The van der Waals surface area contributed by atoms with E-state index in [9.17, 15) is 0 Å². The highest BCUT2D eigenvalue weighted by molar-refractivity contribution is 7.11. The van der Waals surface area contributed by atoms with E-state index in [0.717, 1.165) is 54.2 Å². The average Bonchev–Trinajstić information content (AvgIpc) is 3.06. The van der Waals surface area contributed by atoms with Crippen LogP contribution in [0.25, 0.3) is 0 Å². The lowest BCUT2D eigenvalue weighted by molar-refractivity contribution is 0.223. The Balaban J connectivity index is 1.84. The number of aliphatic imine (C=N–C) groups is 1. The Morgan fingerprint density at radius 2 is 1.83 bits per heavy atom. The molecule has 0 radical (unpaired) electrons. The summed E-state index contributed by atoms with van der Waals surface area (Å²) in [4.78, 5) is 12.9. The van der Waals surface area contributed by atoms with Crippen molar-refractivity contribution in [3.8, 4) is 5.75 Å². The highest BCUT2D eigenvalue weighted by Gasteiger charge is 2.05. The van der Waals surface area contributed by atoms with Crippen molar-refractivity contribution in [1.82, 2.24) is 20.5 Å². The number of ether oxygens (including phenoxy) is 1. The Morgan fingerprint density at radius 1 is 1.10 bits per heavy atom. The number of nitrogens with one attached hydrogen (secondary N) is 2. The number of guanidine groups is 1. The maximum atomic E-state index is 5.85. The first-order valence-corrected chi connectivity index (χ1v) is 11.3. The van der Waals surface area contributed by atoms with Gasteiger partial charge in [0.25, 0.3) is 0 Å². The van der Waals surface area contributed by atoms with E-state index in [1.807, 2.05) is 19.1 Å². The zero-order valence-electron chi connectivity index (χ0n) is 18.4. The van der Waals surface area contributed by atoms with Gasteiger partial charge in [-0.05, 0) is 51.6 Å². The van der Waals surface area contributed by atoms with Gasteiger partial charge in [-0.2, -0.15) is 0 Å². The van der Waals surface area contributed by atoms with E-state index in [4.69, 9.17) is 4.74 Å². The van der Waals surface area contributed by atoms with Crippen LogP contribution < -0.4 is 15.4 Å². The van der Waals surface area contributed by atoms with E-state index in [1.165, 1.54) is 4.88 Å². The molecule has 1 aromatic carbocycles. The SMILES string of the molecule is CCNC(=NCc1ccc(OCCN(CC)CC)cc1)NCc1nc(C)c(C)s1. The van der Waals surface area contributed by atoms with Crippen LogP contribution in [-0.2, 0) is 13.1 Å². The highest BCUT2D eigenvalue weighted by Crippen LogP contribution is 2.16. The van der Waals surface area contributed by atoms with Crippen molar-refractivity contribution >= 4 is 17.3 Å². The molecule has 2 rings (SSSR count). The Hall–Kier alpha value is -2.12. The zero-order chi connectivity index (χ0) is 21.1. The minimum absolute atomic E-state index is 0.616. The van der Waals surface area contributed by atoms with Gasteiger partial charge in [-0.1, -0.05) is 26.0 Å². The van der Waals surface area contributed by atoms with Crippen LogP contribution in [0, 0.1) is 13.8 Å². The van der Waals surface area contributed by atoms with Gasteiger partial charge >= 0.3 is 0 Å². The van der Waals surface area contributed by atoms with Crippen LogP contribution in [0.2, 0.25) is 0 Å². The maximum Gasteiger partial charge on any atom is 0.191 e. The Bertz CT molecular complexity index is 734. The molecule has 160 valence electrons. The van der Waals surface area contributed by atoms with Gasteiger partial charge < -0.3 is 20.3 Å². The molecular weight excluding hydrogens is 382 g/mol. The summed E-state index contributed by atoms with van der Waals surface area (Å²) in [5, 5.41) is 7.74. The van der Waals surface area contributed by atoms with E-state index in [1.54, 1.807) is 11.3 Å². The molecule has 0 fully saturated rings. The first-order valence-electron chi connectivity index (χ1n) is 10.4. The molecule has 0 aliphatic carbocycles. The molecule has 1 heterocycles. The summed E-state index contributed by atoms with van der Waals surface area (Å²) in [5.41, 5.74) is 2.26. The standard InChI is InChI=1S/C22H35N5OS/c1-6-23-22(25-16-21-26-17(4)18(5)29-21)24-15-19-9-11-20(12-10-19)28-14-13-27(7-2)8-3/h9-12H,6-8,13-16H2,1-5H3,(H2,23,24,25). The van der Waals surface area contributed by atoms with Gasteiger partial charge in [0.1, 0.15) is 17.4 Å². The van der Waals surface area contributed by atoms with Crippen molar-refractivity contribution in [2.75, 3.05) is 32.8 Å². The molecule has 2 aromatic rings. The monoisotopic (exact) mass is 417 g/mol. The fourth-order valence-electron chi connectivity index (χ4n) is 2.81. The van der Waals surface area contributed by atoms with Crippen LogP contribution in [-0.4, -0.2) is 48.6 Å². The molecule has 0 unspecified atom stereocenters. The van der Waals surface area contributed by atoms with Gasteiger partial charge in [0.2, 0.25) is 0 Å². The van der Waals surface area contributed by atoms with Crippen LogP contribution in [0.1, 0.15) is 41.9 Å². The second kappa shape index (κ2) is 12.4. The van der Waals surface area contributed by atoms with Crippen molar-refractivity contribution in [3.63, 3.8) is 0 Å². The molecule has 0 saturated heterocycles. The fraction of sp³-hybridized carbons (Fsp3) is 0.545. The predicted molar refractivity (Wildman–Crippen MR) is 123 cm³/mol. The summed E-state index contributed by atoms with van der Waals surface area (Å²) in [6.07, 6.45) is 0. The summed E-state index contributed by atoms with van der Waals surface area (Å²) < 4.78 is 5.85. The van der Waals surface area contributed by atoms with Crippen LogP contribution in [0.4, 0.5) is 0 Å². The second-order valence-corrected chi connectivity index (χ2v) is 8.10. The largest absolute Gasteiger partial charge is 0.492 e. The maximum absolute atomic E-state index is 5.85. The summed E-state index contributed by atoms with van der Waals surface area (Å²) in [6.45, 7) is 16.5.